The minimum absolute atomic E-state index is 0.0389. The van der Waals surface area contributed by atoms with Gasteiger partial charge in [-0.1, -0.05) is 55.7 Å². The van der Waals surface area contributed by atoms with E-state index in [0.29, 0.717) is 19.0 Å². The molecule has 0 radical (unpaired) electrons. The Morgan fingerprint density at radius 2 is 1.76 bits per heavy atom. The van der Waals surface area contributed by atoms with Crippen molar-refractivity contribution in [2.75, 3.05) is 11.9 Å². The van der Waals surface area contributed by atoms with Gasteiger partial charge in [0.05, 0.1) is 5.92 Å². The largest absolute Gasteiger partial charge is 0.339 e. The molecule has 1 aliphatic heterocycles. The van der Waals surface area contributed by atoms with Crippen molar-refractivity contribution in [1.29, 1.82) is 0 Å². The van der Waals surface area contributed by atoms with Crippen LogP contribution in [-0.2, 0) is 9.59 Å². The van der Waals surface area contributed by atoms with E-state index < -0.39 is 0 Å². The van der Waals surface area contributed by atoms with Crippen LogP contribution in [0.1, 0.15) is 38.5 Å². The molecule has 1 N–H and O–H groups in total. The number of carbonyl (C=O) groups is 2. The van der Waals surface area contributed by atoms with Crippen molar-refractivity contribution in [2.24, 2.45) is 5.92 Å². The summed E-state index contributed by atoms with van der Waals surface area (Å²) in [6.07, 6.45) is 6.17. The molecule has 2 aromatic carbocycles. The molecule has 1 atom stereocenters. The number of likely N-dealkylation sites (tertiary alicyclic amines) is 1. The fraction of sp³-hybridized carbons (Fsp3) is 0.429. The van der Waals surface area contributed by atoms with Crippen molar-refractivity contribution in [2.45, 2.75) is 44.6 Å². The first kappa shape index (κ1) is 16.1. The van der Waals surface area contributed by atoms with Gasteiger partial charge in [0, 0.05) is 30.1 Å². The molecule has 1 aliphatic carbocycles. The maximum Gasteiger partial charge on any atom is 0.229 e. The predicted octanol–water partition coefficient (Wildman–Crippen LogP) is 3.96. The lowest BCUT2D eigenvalue weighted by molar-refractivity contribution is -0.130. The zero-order chi connectivity index (χ0) is 17.2. The van der Waals surface area contributed by atoms with Crippen molar-refractivity contribution in [3.05, 3.63) is 42.5 Å². The number of amides is 2. The molecule has 0 unspecified atom stereocenters. The standard InChI is InChI=1S/C21H24N2O2/c24-20-13-16(14-23(20)17-9-2-1-3-10-17)21(25)22-19-12-6-8-15-7-4-5-11-18(15)19/h4-8,11-12,16-17H,1-3,9-10,13-14H2,(H,22,25)/t16-/m0/s1. The van der Waals surface area contributed by atoms with Crippen LogP contribution in [0.15, 0.2) is 42.5 Å². The summed E-state index contributed by atoms with van der Waals surface area (Å²) >= 11 is 0. The number of rotatable bonds is 3. The molecule has 4 rings (SSSR count). The second-order valence-electron chi connectivity index (χ2n) is 7.25. The van der Waals surface area contributed by atoms with E-state index in [1.54, 1.807) is 0 Å². The average Bonchev–Trinajstić information content (AvgIpc) is 3.05. The van der Waals surface area contributed by atoms with Gasteiger partial charge in [-0.25, -0.2) is 0 Å². The van der Waals surface area contributed by atoms with Gasteiger partial charge in [0.2, 0.25) is 11.8 Å². The monoisotopic (exact) mass is 336 g/mol. The summed E-state index contributed by atoms with van der Waals surface area (Å²) in [5, 5.41) is 5.19. The molecule has 1 heterocycles. The third-order valence-electron chi connectivity index (χ3n) is 5.59. The Bertz CT molecular complexity index is 790. The number of hydrogen-bond donors (Lipinski definition) is 1. The number of hydrogen-bond acceptors (Lipinski definition) is 2. The Hall–Kier alpha value is -2.36. The number of nitrogens with zero attached hydrogens (tertiary/aromatic N) is 1. The molecule has 25 heavy (non-hydrogen) atoms. The van der Waals surface area contributed by atoms with Gasteiger partial charge in [0.1, 0.15) is 0 Å². The smallest absolute Gasteiger partial charge is 0.229 e. The van der Waals surface area contributed by atoms with Crippen LogP contribution in [0.4, 0.5) is 5.69 Å². The van der Waals surface area contributed by atoms with Crippen LogP contribution in [-0.4, -0.2) is 29.3 Å². The van der Waals surface area contributed by atoms with Gasteiger partial charge in [-0.3, -0.25) is 9.59 Å². The van der Waals surface area contributed by atoms with Crippen LogP contribution in [0.2, 0.25) is 0 Å². The highest BCUT2D eigenvalue weighted by Gasteiger charge is 2.38. The van der Waals surface area contributed by atoms with Crippen LogP contribution in [0.25, 0.3) is 10.8 Å². The summed E-state index contributed by atoms with van der Waals surface area (Å²) < 4.78 is 0. The van der Waals surface area contributed by atoms with Crippen LogP contribution in [0.5, 0.6) is 0 Å². The molecule has 4 heteroatoms. The second-order valence-corrected chi connectivity index (χ2v) is 7.25. The van der Waals surface area contributed by atoms with E-state index >= 15 is 0 Å². The predicted molar refractivity (Wildman–Crippen MR) is 99.3 cm³/mol. The molecule has 130 valence electrons. The third-order valence-corrected chi connectivity index (χ3v) is 5.59. The molecule has 2 amide bonds. The summed E-state index contributed by atoms with van der Waals surface area (Å²) in [7, 11) is 0. The maximum atomic E-state index is 12.7. The lowest BCUT2D eigenvalue weighted by Gasteiger charge is -2.31. The van der Waals surface area contributed by atoms with Gasteiger partial charge in [-0.05, 0) is 24.3 Å². The van der Waals surface area contributed by atoms with Crippen molar-refractivity contribution in [1.82, 2.24) is 4.90 Å². The van der Waals surface area contributed by atoms with E-state index in [4.69, 9.17) is 0 Å². The van der Waals surface area contributed by atoms with Gasteiger partial charge < -0.3 is 10.2 Å². The number of fused-ring (bicyclic) bond motifs is 1. The number of carbonyl (C=O) groups excluding carboxylic acids is 2. The van der Waals surface area contributed by atoms with Crippen LogP contribution in [0.3, 0.4) is 0 Å². The minimum Gasteiger partial charge on any atom is -0.339 e. The van der Waals surface area contributed by atoms with Crippen molar-refractivity contribution < 1.29 is 9.59 Å². The summed E-state index contributed by atoms with van der Waals surface area (Å²) in [6, 6.07) is 14.3. The average molecular weight is 336 g/mol. The Kier molecular flexibility index (Phi) is 4.43. The first-order chi connectivity index (χ1) is 12.2. The zero-order valence-electron chi connectivity index (χ0n) is 14.4. The highest BCUT2D eigenvalue weighted by atomic mass is 16.2. The fourth-order valence-corrected chi connectivity index (χ4v) is 4.22. The van der Waals surface area contributed by atoms with E-state index in [1.807, 2.05) is 47.4 Å². The van der Waals surface area contributed by atoms with Crippen molar-refractivity contribution in [3.8, 4) is 0 Å². The summed E-state index contributed by atoms with van der Waals surface area (Å²) in [4.78, 5) is 27.1. The normalized spacial score (nSPS) is 21.7. The molecule has 2 aromatic rings. The molecular formula is C21H24N2O2. The summed E-state index contributed by atoms with van der Waals surface area (Å²) in [6.45, 7) is 0.570. The van der Waals surface area contributed by atoms with Crippen molar-refractivity contribution >= 4 is 28.3 Å². The highest BCUT2D eigenvalue weighted by molar-refractivity contribution is 6.04. The second kappa shape index (κ2) is 6.87. The maximum absolute atomic E-state index is 12.7. The summed E-state index contributed by atoms with van der Waals surface area (Å²) in [5.41, 5.74) is 0.826. The molecule has 0 bridgehead atoms. The molecule has 2 fully saturated rings. The molecule has 1 saturated carbocycles. The summed E-state index contributed by atoms with van der Waals surface area (Å²) in [5.74, 6) is -0.138. The van der Waals surface area contributed by atoms with Crippen LogP contribution >= 0.6 is 0 Å². The fourth-order valence-electron chi connectivity index (χ4n) is 4.22. The molecule has 0 spiro atoms. The topological polar surface area (TPSA) is 49.4 Å². The van der Waals surface area contributed by atoms with Gasteiger partial charge >= 0.3 is 0 Å². The first-order valence-electron chi connectivity index (χ1n) is 9.30. The Morgan fingerprint density at radius 1 is 1.00 bits per heavy atom. The van der Waals surface area contributed by atoms with Gasteiger partial charge in [-0.15, -0.1) is 0 Å². The Labute approximate surface area is 148 Å². The van der Waals surface area contributed by atoms with E-state index in [0.717, 1.165) is 29.3 Å². The van der Waals surface area contributed by atoms with E-state index in [9.17, 15) is 9.59 Å². The van der Waals surface area contributed by atoms with Crippen LogP contribution < -0.4 is 5.32 Å². The molecule has 4 nitrogen and oxygen atoms in total. The zero-order valence-corrected chi connectivity index (χ0v) is 14.4. The molecule has 2 aliphatic rings. The number of anilines is 1. The van der Waals surface area contributed by atoms with E-state index in [-0.39, 0.29) is 17.7 Å². The number of nitrogens with one attached hydrogen (secondary N) is 1. The van der Waals surface area contributed by atoms with Gasteiger partial charge in [0.15, 0.2) is 0 Å². The van der Waals surface area contributed by atoms with Crippen molar-refractivity contribution in [3.63, 3.8) is 0 Å². The molecule has 0 aromatic heterocycles. The SMILES string of the molecule is O=C(Nc1cccc2ccccc12)[C@H]1CC(=O)N(C2CCCCC2)C1. The van der Waals surface area contributed by atoms with E-state index in [1.165, 1.54) is 19.3 Å². The van der Waals surface area contributed by atoms with Gasteiger partial charge in [-0.2, -0.15) is 0 Å². The Balaban J connectivity index is 1.47. The van der Waals surface area contributed by atoms with Crippen LogP contribution in [0, 0.1) is 5.92 Å². The Morgan fingerprint density at radius 3 is 2.60 bits per heavy atom. The van der Waals surface area contributed by atoms with E-state index in [2.05, 4.69) is 5.32 Å². The highest BCUT2D eigenvalue weighted by Crippen LogP contribution is 2.30. The molecular weight excluding hydrogens is 312 g/mol. The quantitative estimate of drug-likeness (QED) is 0.922. The first-order valence-corrected chi connectivity index (χ1v) is 9.30. The third kappa shape index (κ3) is 3.26. The van der Waals surface area contributed by atoms with Gasteiger partial charge in [0.25, 0.3) is 0 Å². The number of benzene rings is 2. The molecule has 1 saturated heterocycles. The lowest BCUT2D eigenvalue weighted by atomic mass is 9.94. The minimum atomic E-state index is -0.242. The lowest BCUT2D eigenvalue weighted by Crippen LogP contribution is -2.38.